The number of carbonyl (C=O) groups excluding carboxylic acids is 2. The van der Waals surface area contributed by atoms with Crippen LogP contribution in [-0.2, 0) is 9.53 Å². The molecule has 1 unspecified atom stereocenters. The van der Waals surface area contributed by atoms with Crippen molar-refractivity contribution in [2.24, 2.45) is 0 Å². The second kappa shape index (κ2) is 6.79. The second-order valence-corrected chi connectivity index (χ2v) is 4.62. The van der Waals surface area contributed by atoms with Gasteiger partial charge >= 0.3 is 5.97 Å². The van der Waals surface area contributed by atoms with Crippen LogP contribution in [0.25, 0.3) is 0 Å². The van der Waals surface area contributed by atoms with Crippen LogP contribution in [0.2, 0.25) is 0 Å². The van der Waals surface area contributed by atoms with E-state index >= 15 is 0 Å². The normalized spacial score (nSPS) is 11.6. The number of nitrogen functional groups attached to an aromatic ring is 1. The number of nitrogens with one attached hydrogen (secondary N) is 1. The quantitative estimate of drug-likeness (QED) is 0.621. The van der Waals surface area contributed by atoms with Gasteiger partial charge in [-0.3, -0.25) is 4.79 Å². The van der Waals surface area contributed by atoms with Crippen molar-refractivity contribution in [2.45, 2.75) is 19.9 Å². The van der Waals surface area contributed by atoms with Crippen molar-refractivity contribution < 1.29 is 14.3 Å². The number of hydrogen-bond acceptors (Lipinski definition) is 5. The number of carbonyl (C=O) groups is 2. The molecule has 0 bridgehead atoms. The van der Waals surface area contributed by atoms with Crippen LogP contribution in [0, 0.1) is 0 Å². The molecule has 20 heavy (non-hydrogen) atoms. The molecular weight excluding hydrogens is 258 g/mol. The summed E-state index contributed by atoms with van der Waals surface area (Å²) in [6, 6.07) is 4.32. The fourth-order valence-electron chi connectivity index (χ4n) is 1.71. The summed E-state index contributed by atoms with van der Waals surface area (Å²) >= 11 is 0. The van der Waals surface area contributed by atoms with E-state index in [1.807, 2.05) is 19.0 Å². The molecule has 0 aromatic heterocycles. The first kappa shape index (κ1) is 15.8. The third-order valence-corrected chi connectivity index (χ3v) is 2.76. The highest BCUT2D eigenvalue weighted by Crippen LogP contribution is 2.22. The standard InChI is InChI=1S/C14H21N3O3/c1-5-20-14(19)9(2)16-13(18)10-6-7-12(17(3)4)11(15)8-10/h6-9H,5,15H2,1-4H3,(H,16,18). The molecule has 0 heterocycles. The molecule has 1 aromatic carbocycles. The van der Waals surface area contributed by atoms with Crippen molar-refractivity contribution in [3.05, 3.63) is 23.8 Å². The molecule has 0 aliphatic heterocycles. The molecule has 0 aliphatic carbocycles. The molecule has 1 atom stereocenters. The summed E-state index contributed by atoms with van der Waals surface area (Å²) in [7, 11) is 3.74. The van der Waals surface area contributed by atoms with E-state index < -0.39 is 12.0 Å². The SMILES string of the molecule is CCOC(=O)C(C)NC(=O)c1ccc(N(C)C)c(N)c1. The number of anilines is 2. The number of nitrogens with zero attached hydrogens (tertiary/aromatic N) is 1. The minimum atomic E-state index is -0.697. The molecule has 0 saturated carbocycles. The Morgan fingerprint density at radius 2 is 2.05 bits per heavy atom. The predicted octanol–water partition coefficient (Wildman–Crippen LogP) is 1.02. The first-order valence-corrected chi connectivity index (χ1v) is 6.41. The average Bonchev–Trinajstić information content (AvgIpc) is 2.38. The van der Waals surface area contributed by atoms with Crippen molar-refractivity contribution in [2.75, 3.05) is 31.3 Å². The average molecular weight is 279 g/mol. The van der Waals surface area contributed by atoms with Crippen molar-refractivity contribution in [1.29, 1.82) is 0 Å². The molecule has 3 N–H and O–H groups in total. The molecule has 1 rings (SSSR count). The van der Waals surface area contributed by atoms with Gasteiger partial charge in [0.15, 0.2) is 0 Å². The molecule has 1 amide bonds. The summed E-state index contributed by atoms with van der Waals surface area (Å²) in [6.07, 6.45) is 0. The number of rotatable bonds is 5. The number of nitrogens with two attached hydrogens (primary N) is 1. The molecule has 1 aromatic rings. The first-order chi connectivity index (χ1) is 9.36. The Balaban J connectivity index is 2.78. The van der Waals surface area contributed by atoms with Gasteiger partial charge in [-0.1, -0.05) is 0 Å². The number of hydrogen-bond donors (Lipinski definition) is 2. The van der Waals surface area contributed by atoms with Crippen molar-refractivity contribution >= 4 is 23.3 Å². The smallest absolute Gasteiger partial charge is 0.328 e. The number of benzene rings is 1. The lowest BCUT2D eigenvalue weighted by Crippen LogP contribution is -2.39. The van der Waals surface area contributed by atoms with E-state index in [-0.39, 0.29) is 12.5 Å². The maximum absolute atomic E-state index is 12.0. The van der Waals surface area contributed by atoms with Crippen LogP contribution in [-0.4, -0.2) is 38.6 Å². The Labute approximate surface area is 118 Å². The maximum Gasteiger partial charge on any atom is 0.328 e. The molecular formula is C14H21N3O3. The topological polar surface area (TPSA) is 84.7 Å². The number of ether oxygens (including phenoxy) is 1. The zero-order valence-electron chi connectivity index (χ0n) is 12.3. The van der Waals surface area contributed by atoms with Crippen LogP contribution in [0.5, 0.6) is 0 Å². The summed E-state index contributed by atoms with van der Waals surface area (Å²) in [5.41, 5.74) is 7.63. The fraction of sp³-hybridized carbons (Fsp3) is 0.429. The molecule has 0 saturated heterocycles. The third-order valence-electron chi connectivity index (χ3n) is 2.76. The first-order valence-electron chi connectivity index (χ1n) is 6.41. The van der Waals surface area contributed by atoms with Gasteiger partial charge in [-0.25, -0.2) is 4.79 Å². The molecule has 0 fully saturated rings. The van der Waals surface area contributed by atoms with E-state index in [2.05, 4.69) is 5.32 Å². The Morgan fingerprint density at radius 1 is 1.40 bits per heavy atom. The summed E-state index contributed by atoms with van der Waals surface area (Å²) in [5, 5.41) is 2.57. The van der Waals surface area contributed by atoms with Crippen LogP contribution in [0.15, 0.2) is 18.2 Å². The lowest BCUT2D eigenvalue weighted by molar-refractivity contribution is -0.144. The fourth-order valence-corrected chi connectivity index (χ4v) is 1.71. The third kappa shape index (κ3) is 3.88. The van der Waals surface area contributed by atoms with Crippen LogP contribution in [0.1, 0.15) is 24.2 Å². The maximum atomic E-state index is 12.0. The van der Waals surface area contributed by atoms with Crippen LogP contribution < -0.4 is 16.0 Å². The van der Waals surface area contributed by atoms with E-state index in [9.17, 15) is 9.59 Å². The van der Waals surface area contributed by atoms with Crippen molar-refractivity contribution in [3.63, 3.8) is 0 Å². The minimum absolute atomic E-state index is 0.281. The monoisotopic (exact) mass is 279 g/mol. The predicted molar refractivity (Wildman–Crippen MR) is 78.7 cm³/mol. The molecule has 0 spiro atoms. The van der Waals surface area contributed by atoms with E-state index in [1.165, 1.54) is 0 Å². The highest BCUT2D eigenvalue weighted by molar-refractivity contribution is 5.98. The summed E-state index contributed by atoms with van der Waals surface area (Å²) < 4.78 is 4.83. The van der Waals surface area contributed by atoms with E-state index in [4.69, 9.17) is 10.5 Å². The summed E-state index contributed by atoms with van der Waals surface area (Å²) in [5.74, 6) is -0.818. The van der Waals surface area contributed by atoms with Gasteiger partial charge in [0.2, 0.25) is 0 Å². The highest BCUT2D eigenvalue weighted by atomic mass is 16.5. The summed E-state index contributed by atoms with van der Waals surface area (Å²) in [6.45, 7) is 3.57. The lowest BCUT2D eigenvalue weighted by atomic mass is 10.1. The molecule has 110 valence electrons. The number of amides is 1. The van der Waals surface area contributed by atoms with Gasteiger partial charge in [-0.2, -0.15) is 0 Å². The lowest BCUT2D eigenvalue weighted by Gasteiger charge is -2.17. The van der Waals surface area contributed by atoms with E-state index in [0.29, 0.717) is 11.3 Å². The van der Waals surface area contributed by atoms with Crippen molar-refractivity contribution in [3.8, 4) is 0 Å². The van der Waals surface area contributed by atoms with Gasteiger partial charge in [-0.05, 0) is 32.0 Å². The van der Waals surface area contributed by atoms with Crippen LogP contribution >= 0.6 is 0 Å². The molecule has 0 radical (unpaired) electrons. The number of esters is 1. The Morgan fingerprint density at radius 3 is 2.55 bits per heavy atom. The largest absolute Gasteiger partial charge is 0.464 e. The highest BCUT2D eigenvalue weighted by Gasteiger charge is 2.18. The minimum Gasteiger partial charge on any atom is -0.464 e. The van der Waals surface area contributed by atoms with Gasteiger partial charge in [-0.15, -0.1) is 0 Å². The molecule has 0 aliphatic rings. The zero-order chi connectivity index (χ0) is 15.3. The van der Waals surface area contributed by atoms with Gasteiger partial charge in [0.25, 0.3) is 5.91 Å². The Kier molecular flexibility index (Phi) is 5.37. The van der Waals surface area contributed by atoms with Gasteiger partial charge < -0.3 is 20.7 Å². The Hall–Kier alpha value is -2.24. The van der Waals surface area contributed by atoms with Gasteiger partial charge in [0.1, 0.15) is 6.04 Å². The van der Waals surface area contributed by atoms with Crippen LogP contribution in [0.3, 0.4) is 0 Å². The van der Waals surface area contributed by atoms with Crippen molar-refractivity contribution in [1.82, 2.24) is 5.32 Å². The van der Waals surface area contributed by atoms with Gasteiger partial charge in [0, 0.05) is 19.7 Å². The molecule has 6 heteroatoms. The van der Waals surface area contributed by atoms with Crippen LogP contribution in [0.4, 0.5) is 11.4 Å². The molecule has 6 nitrogen and oxygen atoms in total. The Bertz CT molecular complexity index is 500. The van der Waals surface area contributed by atoms with E-state index in [1.54, 1.807) is 32.0 Å². The van der Waals surface area contributed by atoms with Gasteiger partial charge in [0.05, 0.1) is 18.0 Å². The summed E-state index contributed by atoms with van der Waals surface area (Å²) in [4.78, 5) is 25.3. The van der Waals surface area contributed by atoms with E-state index in [0.717, 1.165) is 5.69 Å². The second-order valence-electron chi connectivity index (χ2n) is 4.62. The zero-order valence-corrected chi connectivity index (χ0v) is 12.3.